The highest BCUT2D eigenvalue weighted by Gasteiger charge is 2.23. The molecule has 0 amide bonds. The molecule has 0 radical (unpaired) electrons. The zero-order valence-electron chi connectivity index (χ0n) is 11.3. The van der Waals surface area contributed by atoms with E-state index in [0.717, 1.165) is 0 Å². The van der Waals surface area contributed by atoms with Crippen LogP contribution in [0.4, 0.5) is 0 Å². The Balaban J connectivity index is 4.75. The largest absolute Gasteiger partial charge is 0.392 e. The van der Waals surface area contributed by atoms with Crippen molar-refractivity contribution in [2.45, 2.75) is 53.4 Å². The molecule has 2 atom stereocenters. The number of hydrogen-bond acceptors (Lipinski definition) is 1. The van der Waals surface area contributed by atoms with Crippen molar-refractivity contribution in [1.82, 2.24) is 0 Å². The zero-order chi connectivity index (χ0) is 12.2. The van der Waals surface area contributed by atoms with Crippen molar-refractivity contribution >= 4 is 8.07 Å². The highest BCUT2D eigenvalue weighted by molar-refractivity contribution is 6.83. The lowest BCUT2D eigenvalue weighted by molar-refractivity contribution is 0.0694. The van der Waals surface area contributed by atoms with Gasteiger partial charge in [-0.15, -0.1) is 11.5 Å². The highest BCUT2D eigenvalue weighted by Crippen LogP contribution is 2.20. The van der Waals surface area contributed by atoms with Gasteiger partial charge in [0.2, 0.25) is 0 Å². The summed E-state index contributed by atoms with van der Waals surface area (Å²) in [6.07, 6.45) is -0.297. The predicted molar refractivity (Wildman–Crippen MR) is 70.3 cm³/mol. The Bertz CT molecular complexity index is 239. The second-order valence-corrected chi connectivity index (χ2v) is 10.8. The lowest BCUT2D eigenvalue weighted by Gasteiger charge is -2.25. The molecule has 0 unspecified atom stereocenters. The Kier molecular flexibility index (Phi) is 5.62. The topological polar surface area (TPSA) is 20.2 Å². The summed E-state index contributed by atoms with van der Waals surface area (Å²) in [5, 5.41) is 10.1. The van der Waals surface area contributed by atoms with Crippen LogP contribution in [0.2, 0.25) is 19.6 Å². The minimum Gasteiger partial charge on any atom is -0.392 e. The Morgan fingerprint density at radius 2 is 1.40 bits per heavy atom. The third-order valence-electron chi connectivity index (χ3n) is 2.38. The lowest BCUT2D eigenvalue weighted by Crippen LogP contribution is -2.29. The normalized spacial score (nSPS) is 16.1. The maximum atomic E-state index is 10.1. The second-order valence-electron chi connectivity index (χ2n) is 6.02. The van der Waals surface area contributed by atoms with Crippen LogP contribution in [-0.2, 0) is 0 Å². The van der Waals surface area contributed by atoms with Gasteiger partial charge in [-0.2, -0.15) is 0 Å². The van der Waals surface area contributed by atoms with Crippen molar-refractivity contribution in [2.75, 3.05) is 0 Å². The molecular formula is C13H26OSi. The molecule has 0 rings (SSSR count). The monoisotopic (exact) mass is 226 g/mol. The van der Waals surface area contributed by atoms with Gasteiger partial charge in [-0.05, 0) is 11.8 Å². The van der Waals surface area contributed by atoms with Gasteiger partial charge in [0.05, 0.1) is 6.10 Å². The molecule has 0 aliphatic heterocycles. The smallest absolute Gasteiger partial charge is 0.129 e. The SMILES string of the molecule is CC(C)[C@@H](O)[C@@H](C#C[Si](C)(C)C)C(C)C. The lowest BCUT2D eigenvalue weighted by atomic mass is 9.85. The van der Waals surface area contributed by atoms with Crippen LogP contribution in [0.15, 0.2) is 0 Å². The van der Waals surface area contributed by atoms with Crippen LogP contribution >= 0.6 is 0 Å². The van der Waals surface area contributed by atoms with E-state index in [1.54, 1.807) is 0 Å². The molecule has 0 bridgehead atoms. The van der Waals surface area contributed by atoms with Crippen molar-refractivity contribution < 1.29 is 5.11 Å². The third-order valence-corrected chi connectivity index (χ3v) is 3.28. The third kappa shape index (κ3) is 6.02. The molecule has 0 spiro atoms. The fraction of sp³-hybridized carbons (Fsp3) is 0.846. The summed E-state index contributed by atoms with van der Waals surface area (Å²) in [6, 6.07) is 0. The predicted octanol–water partition coefficient (Wildman–Crippen LogP) is 3.16. The maximum Gasteiger partial charge on any atom is 0.129 e. The van der Waals surface area contributed by atoms with Crippen molar-refractivity contribution in [3.63, 3.8) is 0 Å². The second kappa shape index (κ2) is 5.72. The first-order chi connectivity index (χ1) is 6.65. The number of aliphatic hydroxyl groups is 1. The molecule has 0 aromatic rings. The molecule has 0 heterocycles. The fourth-order valence-corrected chi connectivity index (χ4v) is 1.96. The fourth-order valence-electron chi connectivity index (χ4n) is 1.36. The first kappa shape index (κ1) is 14.7. The van der Waals surface area contributed by atoms with Gasteiger partial charge in [-0.1, -0.05) is 47.3 Å². The van der Waals surface area contributed by atoms with Gasteiger partial charge in [0.1, 0.15) is 8.07 Å². The van der Waals surface area contributed by atoms with E-state index in [1.165, 1.54) is 0 Å². The first-order valence-corrected chi connectivity index (χ1v) is 9.36. The van der Waals surface area contributed by atoms with Crippen LogP contribution in [-0.4, -0.2) is 19.3 Å². The summed E-state index contributed by atoms with van der Waals surface area (Å²) >= 11 is 0. The van der Waals surface area contributed by atoms with Crippen molar-refractivity contribution in [1.29, 1.82) is 0 Å². The van der Waals surface area contributed by atoms with Gasteiger partial charge < -0.3 is 5.11 Å². The van der Waals surface area contributed by atoms with E-state index in [2.05, 4.69) is 58.8 Å². The molecule has 1 nitrogen and oxygen atoms in total. The van der Waals surface area contributed by atoms with Crippen LogP contribution in [0.1, 0.15) is 27.7 Å². The first-order valence-electron chi connectivity index (χ1n) is 5.86. The molecule has 0 saturated heterocycles. The summed E-state index contributed by atoms with van der Waals surface area (Å²) in [4.78, 5) is 0. The van der Waals surface area contributed by atoms with E-state index in [-0.39, 0.29) is 17.9 Å². The molecule has 15 heavy (non-hydrogen) atoms. The molecule has 88 valence electrons. The van der Waals surface area contributed by atoms with Crippen LogP contribution in [0.3, 0.4) is 0 Å². The number of rotatable bonds is 3. The van der Waals surface area contributed by atoms with Crippen LogP contribution in [0.25, 0.3) is 0 Å². The van der Waals surface area contributed by atoms with Crippen LogP contribution in [0, 0.1) is 29.2 Å². The highest BCUT2D eigenvalue weighted by atomic mass is 28.3. The van der Waals surface area contributed by atoms with Gasteiger partial charge in [0.15, 0.2) is 0 Å². The molecule has 0 aromatic carbocycles. The minimum atomic E-state index is -1.32. The van der Waals surface area contributed by atoms with Gasteiger partial charge >= 0.3 is 0 Å². The summed E-state index contributed by atoms with van der Waals surface area (Å²) in [6.45, 7) is 15.1. The molecule has 0 aromatic heterocycles. The molecule has 0 saturated carbocycles. The van der Waals surface area contributed by atoms with E-state index in [1.807, 2.05) is 0 Å². The Morgan fingerprint density at radius 3 is 1.67 bits per heavy atom. The number of hydrogen-bond donors (Lipinski definition) is 1. The van der Waals surface area contributed by atoms with Gasteiger partial charge in [-0.3, -0.25) is 0 Å². The van der Waals surface area contributed by atoms with E-state index in [4.69, 9.17) is 0 Å². The Hall–Kier alpha value is -0.263. The Labute approximate surface area is 96.3 Å². The standard InChI is InChI=1S/C13H26OSi/c1-10(2)12(13(14)11(3)4)8-9-15(5,6)7/h10-14H,1-7H3/t12-,13+/m0/s1. The van der Waals surface area contributed by atoms with Gasteiger partial charge in [-0.25, -0.2) is 0 Å². The minimum absolute atomic E-state index is 0.122. The molecule has 0 aliphatic rings. The van der Waals surface area contributed by atoms with Crippen molar-refractivity contribution in [3.8, 4) is 11.5 Å². The molecule has 0 fully saturated rings. The van der Waals surface area contributed by atoms with E-state index < -0.39 is 8.07 Å². The molecule has 2 heteroatoms. The molecule has 0 aliphatic carbocycles. The van der Waals surface area contributed by atoms with Gasteiger partial charge in [0.25, 0.3) is 0 Å². The number of aliphatic hydroxyl groups excluding tert-OH is 1. The van der Waals surface area contributed by atoms with E-state index >= 15 is 0 Å². The van der Waals surface area contributed by atoms with E-state index in [0.29, 0.717) is 5.92 Å². The summed E-state index contributed by atoms with van der Waals surface area (Å²) in [5.41, 5.74) is 3.37. The van der Waals surface area contributed by atoms with Crippen LogP contribution in [0.5, 0.6) is 0 Å². The average molecular weight is 226 g/mol. The quantitative estimate of drug-likeness (QED) is 0.579. The molecular weight excluding hydrogens is 200 g/mol. The summed E-state index contributed by atoms with van der Waals surface area (Å²) in [5.74, 6) is 4.13. The van der Waals surface area contributed by atoms with Crippen LogP contribution < -0.4 is 0 Å². The van der Waals surface area contributed by atoms with Gasteiger partial charge in [0, 0.05) is 5.92 Å². The van der Waals surface area contributed by atoms with Crippen molar-refractivity contribution in [2.24, 2.45) is 17.8 Å². The zero-order valence-corrected chi connectivity index (χ0v) is 12.3. The maximum absolute atomic E-state index is 10.1. The summed E-state index contributed by atoms with van der Waals surface area (Å²) < 4.78 is 0. The Morgan fingerprint density at radius 1 is 0.933 bits per heavy atom. The van der Waals surface area contributed by atoms with Crippen molar-refractivity contribution in [3.05, 3.63) is 0 Å². The summed E-state index contributed by atoms with van der Waals surface area (Å²) in [7, 11) is -1.32. The van der Waals surface area contributed by atoms with E-state index in [9.17, 15) is 5.11 Å². The average Bonchev–Trinajstić information content (AvgIpc) is 2.01. The molecule has 1 N–H and O–H groups in total.